The van der Waals surface area contributed by atoms with Crippen LogP contribution in [0.15, 0.2) is 47.3 Å². The molecule has 27 heavy (non-hydrogen) atoms. The Bertz CT molecular complexity index is 1100. The summed E-state index contributed by atoms with van der Waals surface area (Å²) in [4.78, 5) is 39.8. The van der Waals surface area contributed by atoms with Crippen LogP contribution in [0.25, 0.3) is 16.6 Å². The average Bonchev–Trinajstić information content (AvgIpc) is 2.61. The molecule has 0 aliphatic rings. The number of rotatable bonds is 5. The number of amides is 1. The fourth-order valence-corrected chi connectivity index (χ4v) is 2.96. The number of carbonyl (C=O) groups excluding carboxylic acids is 1. The zero-order valence-corrected chi connectivity index (χ0v) is 15.0. The van der Waals surface area contributed by atoms with Gasteiger partial charge in [0.05, 0.1) is 23.0 Å². The Morgan fingerprint density at radius 1 is 1.11 bits per heavy atom. The summed E-state index contributed by atoms with van der Waals surface area (Å²) in [6.45, 7) is 3.61. The predicted molar refractivity (Wildman–Crippen MR) is 102 cm³/mol. The van der Waals surface area contributed by atoms with Crippen molar-refractivity contribution in [3.05, 3.63) is 64.2 Å². The van der Waals surface area contributed by atoms with Crippen LogP contribution in [0.3, 0.4) is 0 Å². The topological polar surface area (TPSA) is 101 Å². The number of nitrogens with zero attached hydrogens (tertiary/aromatic N) is 2. The van der Waals surface area contributed by atoms with Gasteiger partial charge in [0.25, 0.3) is 5.56 Å². The van der Waals surface area contributed by atoms with Gasteiger partial charge in [0.1, 0.15) is 5.82 Å². The number of hydrogen-bond donors (Lipinski definition) is 2. The van der Waals surface area contributed by atoms with E-state index in [0.717, 1.165) is 5.56 Å². The van der Waals surface area contributed by atoms with Crippen LogP contribution in [-0.2, 0) is 9.59 Å². The molecular formula is C20H19N3O4. The number of para-hydroxylation sites is 1. The minimum Gasteiger partial charge on any atom is -0.481 e. The first-order valence-electron chi connectivity index (χ1n) is 8.48. The number of anilines is 1. The first-order valence-corrected chi connectivity index (χ1v) is 8.48. The Balaban J connectivity index is 1.95. The summed E-state index contributed by atoms with van der Waals surface area (Å²) in [6.07, 6.45) is -0.316. The smallest absolute Gasteiger partial charge is 0.303 e. The summed E-state index contributed by atoms with van der Waals surface area (Å²) < 4.78 is 1.55. The standard InChI is InChI=1S/C20H19N3O4/c1-12-11-14(22-18(24)9-10-19(25)26)7-8-17(12)23-13(2)21-16-6-4-3-5-15(16)20(23)27/h3-8,11H,9-10H2,1-2H3,(H,22,24)(H,25,26). The number of aryl methyl sites for hydroxylation is 2. The normalized spacial score (nSPS) is 10.7. The van der Waals surface area contributed by atoms with Crippen LogP contribution in [0.5, 0.6) is 0 Å². The van der Waals surface area contributed by atoms with E-state index in [1.54, 1.807) is 47.9 Å². The van der Waals surface area contributed by atoms with Crippen molar-refractivity contribution in [3.8, 4) is 5.69 Å². The highest BCUT2D eigenvalue weighted by Crippen LogP contribution is 2.20. The Hall–Kier alpha value is -3.48. The molecule has 2 N–H and O–H groups in total. The summed E-state index contributed by atoms with van der Waals surface area (Å²) in [6, 6.07) is 12.4. The molecule has 0 spiro atoms. The maximum absolute atomic E-state index is 12.9. The highest BCUT2D eigenvalue weighted by atomic mass is 16.4. The molecule has 2 aromatic carbocycles. The number of nitrogens with one attached hydrogen (secondary N) is 1. The number of hydrogen-bond acceptors (Lipinski definition) is 4. The van der Waals surface area contributed by atoms with E-state index < -0.39 is 5.97 Å². The molecule has 0 radical (unpaired) electrons. The van der Waals surface area contributed by atoms with Gasteiger partial charge in [-0.1, -0.05) is 12.1 Å². The lowest BCUT2D eigenvalue weighted by Crippen LogP contribution is -2.23. The zero-order valence-electron chi connectivity index (χ0n) is 15.0. The number of fused-ring (bicyclic) bond motifs is 1. The number of carbonyl (C=O) groups is 2. The van der Waals surface area contributed by atoms with Gasteiger partial charge in [-0.2, -0.15) is 0 Å². The van der Waals surface area contributed by atoms with E-state index in [9.17, 15) is 14.4 Å². The van der Waals surface area contributed by atoms with Crippen molar-refractivity contribution in [1.29, 1.82) is 0 Å². The van der Waals surface area contributed by atoms with E-state index >= 15 is 0 Å². The Morgan fingerprint density at radius 3 is 2.56 bits per heavy atom. The van der Waals surface area contributed by atoms with Crippen molar-refractivity contribution in [2.24, 2.45) is 0 Å². The lowest BCUT2D eigenvalue weighted by Gasteiger charge is -2.14. The molecule has 0 unspecified atom stereocenters. The number of carboxylic acid groups (broad SMARTS) is 1. The van der Waals surface area contributed by atoms with Crippen molar-refractivity contribution < 1.29 is 14.7 Å². The minimum atomic E-state index is -1.02. The van der Waals surface area contributed by atoms with Crippen LogP contribution < -0.4 is 10.9 Å². The van der Waals surface area contributed by atoms with E-state index in [2.05, 4.69) is 10.3 Å². The third-order valence-corrected chi connectivity index (χ3v) is 4.23. The molecule has 0 atom stereocenters. The van der Waals surface area contributed by atoms with E-state index in [1.807, 2.05) is 13.0 Å². The zero-order chi connectivity index (χ0) is 19.6. The second-order valence-electron chi connectivity index (χ2n) is 6.26. The molecule has 138 valence electrons. The summed E-state index contributed by atoms with van der Waals surface area (Å²) >= 11 is 0. The van der Waals surface area contributed by atoms with E-state index in [4.69, 9.17) is 5.11 Å². The first kappa shape index (κ1) is 18.3. The Morgan fingerprint density at radius 2 is 1.85 bits per heavy atom. The number of benzene rings is 2. The van der Waals surface area contributed by atoms with Crippen LogP contribution in [0, 0.1) is 13.8 Å². The molecule has 1 amide bonds. The maximum Gasteiger partial charge on any atom is 0.303 e. The van der Waals surface area contributed by atoms with Gasteiger partial charge < -0.3 is 10.4 Å². The second-order valence-corrected chi connectivity index (χ2v) is 6.26. The van der Waals surface area contributed by atoms with Crippen molar-refractivity contribution in [2.45, 2.75) is 26.7 Å². The quantitative estimate of drug-likeness (QED) is 0.724. The lowest BCUT2D eigenvalue weighted by molar-refractivity contribution is -0.138. The van der Waals surface area contributed by atoms with Gasteiger partial charge in [0.2, 0.25) is 5.91 Å². The van der Waals surface area contributed by atoms with Gasteiger partial charge in [0.15, 0.2) is 0 Å². The Labute approximate surface area is 155 Å². The van der Waals surface area contributed by atoms with Crippen LogP contribution >= 0.6 is 0 Å². The van der Waals surface area contributed by atoms with Gasteiger partial charge in [-0.15, -0.1) is 0 Å². The fourth-order valence-electron chi connectivity index (χ4n) is 2.96. The number of aliphatic carboxylic acids is 1. The number of carboxylic acids is 1. The molecule has 0 aliphatic heterocycles. The largest absolute Gasteiger partial charge is 0.481 e. The highest BCUT2D eigenvalue weighted by Gasteiger charge is 2.12. The molecule has 1 aromatic heterocycles. The van der Waals surface area contributed by atoms with Crippen molar-refractivity contribution in [1.82, 2.24) is 9.55 Å². The van der Waals surface area contributed by atoms with E-state index in [0.29, 0.717) is 28.1 Å². The highest BCUT2D eigenvalue weighted by molar-refractivity contribution is 5.92. The number of aromatic nitrogens is 2. The molecule has 3 aromatic rings. The van der Waals surface area contributed by atoms with Crippen LogP contribution in [0.1, 0.15) is 24.2 Å². The molecule has 0 fully saturated rings. The average molecular weight is 365 g/mol. The SMILES string of the molecule is Cc1cc(NC(=O)CCC(=O)O)ccc1-n1c(C)nc2ccccc2c1=O. The van der Waals surface area contributed by atoms with Crippen LogP contribution in [0.2, 0.25) is 0 Å². The Kier molecular flexibility index (Phi) is 5.03. The summed E-state index contributed by atoms with van der Waals surface area (Å²) in [5.41, 5.74) is 2.51. The van der Waals surface area contributed by atoms with E-state index in [-0.39, 0.29) is 24.3 Å². The molecule has 0 saturated heterocycles. The van der Waals surface area contributed by atoms with Crippen molar-refractivity contribution in [3.63, 3.8) is 0 Å². The predicted octanol–water partition coefficient (Wildman–Crippen LogP) is 2.81. The molecular weight excluding hydrogens is 346 g/mol. The van der Waals surface area contributed by atoms with Gasteiger partial charge in [-0.3, -0.25) is 19.0 Å². The molecule has 0 saturated carbocycles. The molecule has 0 aliphatic carbocycles. The molecule has 1 heterocycles. The van der Waals surface area contributed by atoms with Crippen molar-refractivity contribution in [2.75, 3.05) is 5.32 Å². The van der Waals surface area contributed by atoms with Gasteiger partial charge in [-0.25, -0.2) is 4.98 Å². The third-order valence-electron chi connectivity index (χ3n) is 4.23. The summed E-state index contributed by atoms with van der Waals surface area (Å²) in [5.74, 6) is -0.819. The minimum absolute atomic E-state index is 0.0940. The van der Waals surface area contributed by atoms with Crippen molar-refractivity contribution >= 4 is 28.5 Å². The molecule has 0 bridgehead atoms. The van der Waals surface area contributed by atoms with Gasteiger partial charge >= 0.3 is 5.97 Å². The second kappa shape index (κ2) is 7.41. The van der Waals surface area contributed by atoms with Gasteiger partial charge in [-0.05, 0) is 49.7 Å². The third kappa shape index (κ3) is 3.87. The summed E-state index contributed by atoms with van der Waals surface area (Å²) in [5, 5.41) is 11.9. The first-order chi connectivity index (χ1) is 12.9. The monoisotopic (exact) mass is 365 g/mol. The summed E-state index contributed by atoms with van der Waals surface area (Å²) in [7, 11) is 0. The van der Waals surface area contributed by atoms with Gasteiger partial charge in [0, 0.05) is 12.1 Å². The molecule has 7 nitrogen and oxygen atoms in total. The maximum atomic E-state index is 12.9. The fraction of sp³-hybridized carbons (Fsp3) is 0.200. The van der Waals surface area contributed by atoms with Crippen LogP contribution in [0.4, 0.5) is 5.69 Å². The molecule has 3 rings (SSSR count). The lowest BCUT2D eigenvalue weighted by atomic mass is 10.1. The molecule has 7 heteroatoms. The van der Waals surface area contributed by atoms with Crippen LogP contribution in [-0.4, -0.2) is 26.5 Å². The van der Waals surface area contributed by atoms with E-state index in [1.165, 1.54) is 0 Å².